The van der Waals surface area contributed by atoms with Crippen molar-refractivity contribution in [3.05, 3.63) is 53.1 Å². The van der Waals surface area contributed by atoms with Gasteiger partial charge in [0, 0.05) is 5.30 Å². The third kappa shape index (κ3) is 4.55. The van der Waals surface area contributed by atoms with Crippen LogP contribution in [0.5, 0.6) is 0 Å². The summed E-state index contributed by atoms with van der Waals surface area (Å²) in [5, 5.41) is 0.908. The largest absolute Gasteiger partial charge is 0.346 e. The lowest BCUT2D eigenvalue weighted by atomic mass is 9.82. The highest BCUT2D eigenvalue weighted by Crippen LogP contribution is 2.42. The standard InChI is InChI=1S/C23H33O2P/c1-8-25-26(24)22-12-10-9-11-19(22)23-20(16(4)5)13-18(15(2)3)14-21(23)17(6)7/h9-17,24H,8H2,1-7H3. The van der Waals surface area contributed by atoms with E-state index in [9.17, 15) is 4.89 Å². The molecule has 0 heterocycles. The molecule has 2 aromatic carbocycles. The Bertz CT molecular complexity index is 706. The van der Waals surface area contributed by atoms with E-state index in [-0.39, 0.29) is 0 Å². The van der Waals surface area contributed by atoms with Crippen LogP contribution in [0.4, 0.5) is 0 Å². The molecule has 2 rings (SSSR count). The summed E-state index contributed by atoms with van der Waals surface area (Å²) in [6, 6.07) is 12.9. The van der Waals surface area contributed by atoms with Crippen LogP contribution in [0, 0.1) is 0 Å². The summed E-state index contributed by atoms with van der Waals surface area (Å²) in [6.45, 7) is 15.9. The second-order valence-electron chi connectivity index (χ2n) is 7.75. The molecule has 0 saturated heterocycles. The molecule has 0 aliphatic carbocycles. The zero-order valence-corrected chi connectivity index (χ0v) is 18.1. The van der Waals surface area contributed by atoms with Crippen LogP contribution < -0.4 is 5.30 Å². The van der Waals surface area contributed by atoms with Crippen LogP contribution in [-0.4, -0.2) is 11.5 Å². The molecule has 142 valence electrons. The Morgan fingerprint density at radius 2 is 1.42 bits per heavy atom. The third-order valence-corrected chi connectivity index (χ3v) is 6.07. The fraction of sp³-hybridized carbons (Fsp3) is 0.478. The maximum absolute atomic E-state index is 10.6. The molecule has 0 bridgehead atoms. The second kappa shape index (κ2) is 9.13. The van der Waals surface area contributed by atoms with E-state index in [2.05, 4.69) is 65.8 Å². The van der Waals surface area contributed by atoms with Gasteiger partial charge in [0.25, 0.3) is 0 Å². The molecule has 0 saturated carbocycles. The Morgan fingerprint density at radius 1 is 0.885 bits per heavy atom. The molecule has 1 atom stereocenters. The summed E-state index contributed by atoms with van der Waals surface area (Å²) in [4.78, 5) is 10.6. The van der Waals surface area contributed by atoms with Crippen molar-refractivity contribution >= 4 is 13.7 Å². The summed E-state index contributed by atoms with van der Waals surface area (Å²) in [5.41, 5.74) is 6.47. The van der Waals surface area contributed by atoms with Gasteiger partial charge in [-0.2, -0.15) is 0 Å². The molecular formula is C23H33O2P. The van der Waals surface area contributed by atoms with Crippen molar-refractivity contribution in [2.75, 3.05) is 6.61 Å². The van der Waals surface area contributed by atoms with Gasteiger partial charge >= 0.3 is 0 Å². The highest BCUT2D eigenvalue weighted by Gasteiger charge is 2.22. The Labute approximate surface area is 160 Å². The van der Waals surface area contributed by atoms with Crippen molar-refractivity contribution in [1.82, 2.24) is 0 Å². The molecular weight excluding hydrogens is 339 g/mol. The van der Waals surface area contributed by atoms with Gasteiger partial charge < -0.3 is 9.42 Å². The van der Waals surface area contributed by atoms with Gasteiger partial charge in [0.1, 0.15) is 0 Å². The van der Waals surface area contributed by atoms with Crippen LogP contribution in [0.15, 0.2) is 36.4 Å². The highest BCUT2D eigenvalue weighted by molar-refractivity contribution is 7.55. The number of hydrogen-bond acceptors (Lipinski definition) is 2. The second-order valence-corrected chi connectivity index (χ2v) is 9.03. The lowest BCUT2D eigenvalue weighted by Crippen LogP contribution is -2.11. The molecule has 3 heteroatoms. The molecule has 2 nitrogen and oxygen atoms in total. The van der Waals surface area contributed by atoms with Gasteiger partial charge in [-0.15, -0.1) is 0 Å². The maximum Gasteiger partial charge on any atom is 0.202 e. The van der Waals surface area contributed by atoms with E-state index in [1.165, 1.54) is 22.3 Å². The third-order valence-electron chi connectivity index (χ3n) is 4.76. The Hall–Kier alpha value is -1.21. The lowest BCUT2D eigenvalue weighted by Gasteiger charge is -2.25. The van der Waals surface area contributed by atoms with Gasteiger partial charge in [0.2, 0.25) is 8.38 Å². The van der Waals surface area contributed by atoms with Crippen molar-refractivity contribution in [2.45, 2.75) is 66.2 Å². The monoisotopic (exact) mass is 372 g/mol. The lowest BCUT2D eigenvalue weighted by molar-refractivity contribution is 0.337. The molecule has 0 spiro atoms. The first-order valence-electron chi connectivity index (χ1n) is 9.66. The van der Waals surface area contributed by atoms with E-state index >= 15 is 0 Å². The van der Waals surface area contributed by atoms with Crippen LogP contribution >= 0.6 is 8.38 Å². The first kappa shape index (κ1) is 21.1. The molecule has 1 N–H and O–H groups in total. The fourth-order valence-electron chi connectivity index (χ4n) is 3.31. The van der Waals surface area contributed by atoms with Crippen molar-refractivity contribution in [3.8, 4) is 11.1 Å². The quantitative estimate of drug-likeness (QED) is 0.549. The molecule has 0 aliphatic rings. The molecule has 0 aliphatic heterocycles. The maximum atomic E-state index is 10.6. The number of hydrogen-bond donors (Lipinski definition) is 1. The minimum Gasteiger partial charge on any atom is -0.346 e. The Balaban J connectivity index is 2.81. The van der Waals surface area contributed by atoms with Crippen LogP contribution in [0.2, 0.25) is 0 Å². The van der Waals surface area contributed by atoms with E-state index in [1.54, 1.807) is 0 Å². The molecule has 2 aromatic rings. The topological polar surface area (TPSA) is 29.5 Å². The molecule has 1 unspecified atom stereocenters. The van der Waals surface area contributed by atoms with E-state index in [4.69, 9.17) is 4.52 Å². The highest BCUT2D eigenvalue weighted by atomic mass is 31.2. The summed E-state index contributed by atoms with van der Waals surface area (Å²) in [5.74, 6) is 1.31. The average Bonchev–Trinajstić information content (AvgIpc) is 2.60. The predicted octanol–water partition coefficient (Wildman–Crippen LogP) is 6.69. The predicted molar refractivity (Wildman–Crippen MR) is 115 cm³/mol. The molecule has 0 fully saturated rings. The summed E-state index contributed by atoms with van der Waals surface area (Å²) >= 11 is 0. The molecule has 0 amide bonds. The van der Waals surface area contributed by atoms with Crippen molar-refractivity contribution in [3.63, 3.8) is 0 Å². The molecule has 0 radical (unpaired) electrons. The fourth-order valence-corrected chi connectivity index (χ4v) is 4.30. The smallest absolute Gasteiger partial charge is 0.202 e. The SMILES string of the molecule is CCOP(O)c1ccccc1-c1c(C(C)C)cc(C(C)C)cc1C(C)C. The van der Waals surface area contributed by atoms with Crippen molar-refractivity contribution in [2.24, 2.45) is 0 Å². The minimum absolute atomic E-state index is 0.409. The van der Waals surface area contributed by atoms with Crippen LogP contribution in [0.25, 0.3) is 11.1 Å². The average molecular weight is 372 g/mol. The van der Waals surface area contributed by atoms with Gasteiger partial charge in [-0.1, -0.05) is 71.9 Å². The van der Waals surface area contributed by atoms with E-state index < -0.39 is 8.38 Å². The zero-order valence-electron chi connectivity index (χ0n) is 17.2. The summed E-state index contributed by atoms with van der Waals surface area (Å²) in [6.07, 6.45) is 0. The normalized spacial score (nSPS) is 13.0. The Kier molecular flexibility index (Phi) is 7.41. The van der Waals surface area contributed by atoms with Crippen LogP contribution in [-0.2, 0) is 4.52 Å². The zero-order chi connectivity index (χ0) is 19.4. The Morgan fingerprint density at radius 3 is 1.88 bits per heavy atom. The summed E-state index contributed by atoms with van der Waals surface area (Å²) in [7, 11) is -1.60. The summed E-state index contributed by atoms with van der Waals surface area (Å²) < 4.78 is 5.57. The van der Waals surface area contributed by atoms with Crippen molar-refractivity contribution in [1.29, 1.82) is 0 Å². The van der Waals surface area contributed by atoms with Gasteiger partial charge in [0.15, 0.2) is 0 Å². The van der Waals surface area contributed by atoms with Crippen LogP contribution in [0.1, 0.15) is 82.9 Å². The van der Waals surface area contributed by atoms with E-state index in [0.717, 1.165) is 10.9 Å². The van der Waals surface area contributed by atoms with Gasteiger partial charge in [-0.25, -0.2) is 0 Å². The minimum atomic E-state index is -1.60. The first-order valence-corrected chi connectivity index (χ1v) is 10.9. The van der Waals surface area contributed by atoms with Crippen LogP contribution in [0.3, 0.4) is 0 Å². The molecule has 26 heavy (non-hydrogen) atoms. The van der Waals surface area contributed by atoms with Crippen molar-refractivity contribution < 1.29 is 9.42 Å². The number of benzene rings is 2. The van der Waals surface area contributed by atoms with Gasteiger partial charge in [-0.05, 0) is 58.6 Å². The molecule has 0 aromatic heterocycles. The van der Waals surface area contributed by atoms with E-state index in [1.807, 2.05) is 19.1 Å². The van der Waals surface area contributed by atoms with Gasteiger partial charge in [0.05, 0.1) is 6.61 Å². The number of rotatable bonds is 7. The van der Waals surface area contributed by atoms with Gasteiger partial charge in [-0.3, -0.25) is 0 Å². The first-order chi connectivity index (χ1) is 12.3. The van der Waals surface area contributed by atoms with E-state index in [0.29, 0.717) is 24.4 Å².